The van der Waals surface area contributed by atoms with Gasteiger partial charge in [-0.3, -0.25) is 4.79 Å². The Hall–Kier alpha value is -2.31. The zero-order valence-corrected chi connectivity index (χ0v) is 15.3. The number of aryl methyl sites for hydroxylation is 1. The van der Waals surface area contributed by atoms with Crippen LogP contribution in [0.4, 0.5) is 4.39 Å². The van der Waals surface area contributed by atoms with Crippen LogP contribution in [0, 0.1) is 16.7 Å². The Labute approximate surface area is 154 Å². The number of nitrogens with zero attached hydrogens (tertiary/aromatic N) is 1. The van der Waals surface area contributed by atoms with E-state index in [1.165, 1.54) is 23.0 Å². The summed E-state index contributed by atoms with van der Waals surface area (Å²) in [5.41, 5.74) is 3.56. The first kappa shape index (κ1) is 17.5. The predicted octanol–water partition coefficient (Wildman–Crippen LogP) is 4.71. The fraction of sp³-hybridized carbons (Fsp3) is 0.158. The molecule has 0 aliphatic carbocycles. The lowest BCUT2D eigenvalue weighted by atomic mass is 10.1. The lowest BCUT2D eigenvalue weighted by Gasteiger charge is -2.10. The zero-order valence-electron chi connectivity index (χ0n) is 13.7. The van der Waals surface area contributed by atoms with Crippen LogP contribution >= 0.6 is 23.6 Å². The second-order valence-electron chi connectivity index (χ2n) is 5.71. The Morgan fingerprint density at radius 1 is 1.20 bits per heavy atom. The molecule has 3 aromatic rings. The number of thiazole rings is 1. The minimum atomic E-state index is -0.324. The minimum absolute atomic E-state index is 0.111. The van der Waals surface area contributed by atoms with Crippen molar-refractivity contribution in [3.8, 4) is 11.3 Å². The van der Waals surface area contributed by atoms with E-state index in [9.17, 15) is 9.18 Å². The van der Waals surface area contributed by atoms with Gasteiger partial charge in [0.15, 0.2) is 3.95 Å². The van der Waals surface area contributed by atoms with E-state index in [4.69, 9.17) is 12.2 Å². The molecule has 128 valence electrons. The summed E-state index contributed by atoms with van der Waals surface area (Å²) in [5, 5.41) is 4.71. The van der Waals surface area contributed by atoms with Crippen LogP contribution in [0.5, 0.6) is 0 Å². The van der Waals surface area contributed by atoms with Gasteiger partial charge in [-0.1, -0.05) is 48.0 Å². The molecule has 0 unspecified atom stereocenters. The fourth-order valence-corrected chi connectivity index (χ4v) is 3.54. The molecule has 0 atom stereocenters. The molecule has 3 nitrogen and oxygen atoms in total. The Bertz CT molecular complexity index is 945. The fourth-order valence-electron chi connectivity index (χ4n) is 2.46. The molecule has 0 radical (unpaired) electrons. The number of halogens is 1. The van der Waals surface area contributed by atoms with Crippen molar-refractivity contribution in [3.63, 3.8) is 0 Å². The van der Waals surface area contributed by atoms with Crippen molar-refractivity contribution in [2.24, 2.45) is 0 Å². The summed E-state index contributed by atoms with van der Waals surface area (Å²) < 4.78 is 16.1. The number of carbonyl (C=O) groups is 1. The van der Waals surface area contributed by atoms with Crippen LogP contribution in [0.2, 0.25) is 0 Å². The number of hydrogen-bond acceptors (Lipinski definition) is 3. The Kier molecular flexibility index (Phi) is 5.40. The van der Waals surface area contributed by atoms with Gasteiger partial charge in [0, 0.05) is 17.5 Å². The first-order valence-corrected chi connectivity index (χ1v) is 9.09. The highest BCUT2D eigenvalue weighted by molar-refractivity contribution is 7.73. The molecule has 0 aliphatic rings. The van der Waals surface area contributed by atoms with E-state index in [2.05, 4.69) is 5.32 Å². The highest BCUT2D eigenvalue weighted by Crippen LogP contribution is 2.24. The summed E-state index contributed by atoms with van der Waals surface area (Å²) in [4.78, 5) is 12.3. The summed E-state index contributed by atoms with van der Waals surface area (Å²) in [7, 11) is 0. The highest BCUT2D eigenvalue weighted by atomic mass is 32.1. The first-order chi connectivity index (χ1) is 12.0. The number of nitrogens with one attached hydrogen (secondary N) is 1. The van der Waals surface area contributed by atoms with Crippen LogP contribution in [0.25, 0.3) is 11.3 Å². The lowest BCUT2D eigenvalue weighted by molar-refractivity contribution is -0.121. The van der Waals surface area contributed by atoms with E-state index >= 15 is 0 Å². The molecule has 3 rings (SSSR count). The van der Waals surface area contributed by atoms with Gasteiger partial charge in [-0.25, -0.2) is 4.39 Å². The molecule has 25 heavy (non-hydrogen) atoms. The Morgan fingerprint density at radius 3 is 2.64 bits per heavy atom. The van der Waals surface area contributed by atoms with Gasteiger partial charge in [-0.05, 0) is 30.8 Å². The number of amides is 1. The maximum absolute atomic E-state index is 13.6. The smallest absolute Gasteiger partial charge is 0.240 e. The molecule has 0 aliphatic heterocycles. The average Bonchev–Trinajstić information content (AvgIpc) is 2.96. The second-order valence-corrected chi connectivity index (χ2v) is 7.21. The molecule has 0 fully saturated rings. The van der Waals surface area contributed by atoms with Crippen molar-refractivity contribution < 1.29 is 9.18 Å². The van der Waals surface area contributed by atoms with Crippen LogP contribution in [0.1, 0.15) is 11.1 Å². The first-order valence-electron chi connectivity index (χ1n) is 7.80. The van der Waals surface area contributed by atoms with E-state index in [1.807, 2.05) is 36.6 Å². The van der Waals surface area contributed by atoms with Gasteiger partial charge in [-0.15, -0.1) is 11.3 Å². The highest BCUT2D eigenvalue weighted by Gasteiger charge is 2.11. The summed E-state index contributed by atoms with van der Waals surface area (Å²) in [6, 6.07) is 14.5. The third-order valence-electron chi connectivity index (χ3n) is 3.87. The third kappa shape index (κ3) is 4.21. The molecule has 0 saturated carbocycles. The topological polar surface area (TPSA) is 34.0 Å². The molecule has 1 amide bonds. The number of hydrogen-bond donors (Lipinski definition) is 1. The standard InChI is InChI=1S/C19H17FN2OS2/c1-13-6-8-14(9-7-13)17-12-25-19(24)22(17)11-18(23)21-10-15-4-2-3-5-16(15)20/h2-9,12H,10-11H2,1H3,(H,21,23). The molecule has 6 heteroatoms. The molecule has 1 heterocycles. The molecule has 0 bridgehead atoms. The van der Waals surface area contributed by atoms with Crippen molar-refractivity contribution >= 4 is 29.5 Å². The van der Waals surface area contributed by atoms with Gasteiger partial charge >= 0.3 is 0 Å². The van der Waals surface area contributed by atoms with E-state index in [1.54, 1.807) is 22.8 Å². The number of rotatable bonds is 5. The van der Waals surface area contributed by atoms with Crippen molar-refractivity contribution in [1.82, 2.24) is 9.88 Å². The maximum Gasteiger partial charge on any atom is 0.240 e. The van der Waals surface area contributed by atoms with E-state index in [-0.39, 0.29) is 24.8 Å². The SMILES string of the molecule is Cc1ccc(-c2csc(=S)n2CC(=O)NCc2ccccc2F)cc1. The largest absolute Gasteiger partial charge is 0.350 e. The Balaban J connectivity index is 1.73. The quantitative estimate of drug-likeness (QED) is 0.658. The van der Waals surface area contributed by atoms with Crippen molar-refractivity contribution in [2.45, 2.75) is 20.0 Å². The van der Waals surface area contributed by atoms with Gasteiger partial charge in [0.25, 0.3) is 0 Å². The summed E-state index contributed by atoms with van der Waals surface area (Å²) in [6.45, 7) is 2.29. The van der Waals surface area contributed by atoms with Crippen molar-refractivity contribution in [1.29, 1.82) is 0 Å². The van der Waals surface area contributed by atoms with E-state index < -0.39 is 0 Å². The van der Waals surface area contributed by atoms with Gasteiger partial charge in [-0.2, -0.15) is 0 Å². The zero-order chi connectivity index (χ0) is 17.8. The van der Waals surface area contributed by atoms with Crippen molar-refractivity contribution in [3.05, 3.63) is 74.8 Å². The number of benzene rings is 2. The van der Waals surface area contributed by atoms with Crippen LogP contribution in [-0.4, -0.2) is 10.5 Å². The maximum atomic E-state index is 13.6. The van der Waals surface area contributed by atoms with Gasteiger partial charge in [0.1, 0.15) is 12.4 Å². The van der Waals surface area contributed by atoms with Crippen molar-refractivity contribution in [2.75, 3.05) is 0 Å². The summed E-state index contributed by atoms with van der Waals surface area (Å²) >= 11 is 6.78. The van der Waals surface area contributed by atoms with E-state index in [0.29, 0.717) is 9.52 Å². The monoisotopic (exact) mass is 372 g/mol. The number of aromatic nitrogens is 1. The molecule has 2 aromatic carbocycles. The minimum Gasteiger partial charge on any atom is -0.350 e. The summed E-state index contributed by atoms with van der Waals surface area (Å²) in [5.74, 6) is -0.526. The summed E-state index contributed by atoms with van der Waals surface area (Å²) in [6.07, 6.45) is 0. The van der Waals surface area contributed by atoms with Crippen LogP contribution < -0.4 is 5.32 Å². The van der Waals surface area contributed by atoms with Gasteiger partial charge < -0.3 is 9.88 Å². The Morgan fingerprint density at radius 2 is 1.92 bits per heavy atom. The van der Waals surface area contributed by atoms with Crippen LogP contribution in [0.3, 0.4) is 0 Å². The second kappa shape index (κ2) is 7.72. The van der Waals surface area contributed by atoms with Gasteiger partial charge in [0.2, 0.25) is 5.91 Å². The third-order valence-corrected chi connectivity index (χ3v) is 5.14. The lowest BCUT2D eigenvalue weighted by Crippen LogP contribution is -2.27. The molecular weight excluding hydrogens is 355 g/mol. The molecule has 1 aromatic heterocycles. The predicted molar refractivity (Wildman–Crippen MR) is 102 cm³/mol. The van der Waals surface area contributed by atoms with Crippen LogP contribution in [-0.2, 0) is 17.9 Å². The van der Waals surface area contributed by atoms with E-state index in [0.717, 1.165) is 11.3 Å². The molecular formula is C19H17FN2OS2. The number of carbonyl (C=O) groups excluding carboxylic acids is 1. The molecule has 0 spiro atoms. The molecule has 1 N–H and O–H groups in total. The van der Waals surface area contributed by atoms with Crippen LogP contribution in [0.15, 0.2) is 53.9 Å². The average molecular weight is 372 g/mol. The normalized spacial score (nSPS) is 10.6. The molecule has 0 saturated heterocycles. The van der Waals surface area contributed by atoms with Gasteiger partial charge in [0.05, 0.1) is 5.69 Å².